The second-order valence-electron chi connectivity index (χ2n) is 26.1. The number of nitrogens with zero attached hydrogens (tertiary/aromatic N) is 8. The topological polar surface area (TPSA) is 181 Å². The van der Waals surface area contributed by atoms with E-state index in [2.05, 4.69) is 88.9 Å². The van der Waals surface area contributed by atoms with Crippen LogP contribution in [-0.4, -0.2) is 180 Å². The van der Waals surface area contributed by atoms with E-state index in [1.54, 1.807) is 23.3 Å². The molecule has 11 heterocycles. The summed E-state index contributed by atoms with van der Waals surface area (Å²) in [6.45, 7) is 21.9. The van der Waals surface area contributed by atoms with Crippen LogP contribution in [-0.2, 0) is 46.2 Å². The van der Waals surface area contributed by atoms with Gasteiger partial charge in [0.25, 0.3) is 5.91 Å². The number of rotatable bonds is 11. The molecule has 1 aromatic carbocycles. The molecule has 420 valence electrons. The van der Waals surface area contributed by atoms with Gasteiger partial charge < -0.3 is 47.8 Å². The summed E-state index contributed by atoms with van der Waals surface area (Å²) in [6.07, 6.45) is 10.2. The van der Waals surface area contributed by atoms with Crippen molar-refractivity contribution in [1.29, 1.82) is 0 Å². The number of piperazine rings is 1. The summed E-state index contributed by atoms with van der Waals surface area (Å²) >= 11 is 0. The Morgan fingerprint density at radius 3 is 2.45 bits per heavy atom. The number of hydrogen-bond donors (Lipinski definition) is 2. The molecular weight excluding hydrogens is 993 g/mol. The second kappa shape index (κ2) is 19.8. The molecule has 0 unspecified atom stereocenters. The molecule has 2 spiro atoms. The van der Waals surface area contributed by atoms with Gasteiger partial charge in [0.1, 0.15) is 29.6 Å². The Labute approximate surface area is 457 Å². The van der Waals surface area contributed by atoms with Gasteiger partial charge in [-0.25, -0.2) is 20.0 Å². The third-order valence-electron chi connectivity index (χ3n) is 18.9. The monoisotopic (exact) mass is 1070 g/mol. The Hall–Kier alpha value is -5.15. The van der Waals surface area contributed by atoms with Gasteiger partial charge in [-0.05, 0) is 102 Å². The van der Waals surface area contributed by atoms with Crippen molar-refractivity contribution in [3.05, 3.63) is 53.9 Å². The Morgan fingerprint density at radius 1 is 0.962 bits per heavy atom. The maximum Gasteiger partial charge on any atom is 0.328 e. The SMILES string of the molecule is CO[C@@H](C)c1ncc(N2CCN(C3CC3)CC2)cc1-c1c2c3cc(ccc3n1CCO[C@H]1CCOC(C)(C)C1)-c1coc(n1)[C@@H](N1CC3(COC3)C1)[C@H](NC(=O)N1CC[C@H]1C)C(=O)N1CC3CC(C3)(N1)C(=O)OCC(C)(C)C2. The minimum Gasteiger partial charge on any atom is -0.464 e. The lowest BCUT2D eigenvalue weighted by Gasteiger charge is -2.58. The second-order valence-corrected chi connectivity index (χ2v) is 26.1. The molecule has 78 heavy (non-hydrogen) atoms. The van der Waals surface area contributed by atoms with E-state index < -0.39 is 23.0 Å². The zero-order chi connectivity index (χ0) is 53.9. The average molecular weight is 1070 g/mol. The number of aromatic nitrogens is 3. The molecule has 19 nitrogen and oxygen atoms in total. The number of carbonyl (C=O) groups excluding carboxylic acids is 3. The number of urea groups is 1. The lowest BCUT2D eigenvalue weighted by atomic mass is 9.66. The van der Waals surface area contributed by atoms with E-state index in [-0.39, 0.29) is 59.7 Å². The zero-order valence-electron chi connectivity index (χ0n) is 46.8. The molecule has 8 aliphatic heterocycles. The van der Waals surface area contributed by atoms with E-state index in [0.29, 0.717) is 90.0 Å². The summed E-state index contributed by atoms with van der Waals surface area (Å²) in [6, 6.07) is 7.43. The standard InChI is InChI=1S/C59H80N10O9/c1-36-12-14-67(36)55(72)62-49-51(66-31-58(32-66)34-74-35-58)52-61-46(30-76-52)39-8-11-47-43(22-39)45(27-56(3,4)33-77-54(71)59-24-38(25-59)29-69(63-59)53(49)70)50(68(47)19-21-75-42-13-20-78-57(5,6)26-42)44-23-41(28-60-48(44)37(2)73-7)65-17-15-64(16-18-65)40-9-10-40/h8,11,22-23,28,30,36-38,40,42,49,51,63H,9-10,12-21,24-27,29,31-35H2,1-7H3,(H,62,72)/t36-,37+,38?,42+,49+,51+,59?/m1/s1. The van der Waals surface area contributed by atoms with Crippen LogP contribution in [0.4, 0.5) is 10.5 Å². The van der Waals surface area contributed by atoms with Crippen molar-refractivity contribution in [2.75, 3.05) is 97.4 Å². The predicted molar refractivity (Wildman–Crippen MR) is 291 cm³/mol. The van der Waals surface area contributed by atoms with Crippen molar-refractivity contribution in [1.82, 2.24) is 45.0 Å². The van der Waals surface area contributed by atoms with Gasteiger partial charge in [-0.1, -0.05) is 19.9 Å². The first kappa shape index (κ1) is 52.2. The van der Waals surface area contributed by atoms with Gasteiger partial charge in [0.15, 0.2) is 0 Å². The number of anilines is 1. The number of hydrazine groups is 1. The molecule has 3 amide bonds. The Kier molecular flexibility index (Phi) is 13.3. The first-order valence-corrected chi connectivity index (χ1v) is 29.0. The molecule has 7 saturated heterocycles. The Balaban J connectivity index is 0.956. The van der Waals surface area contributed by atoms with Crippen molar-refractivity contribution in [3.63, 3.8) is 0 Å². The number of likely N-dealkylation sites (tertiary alicyclic amines) is 2. The van der Waals surface area contributed by atoms with Crippen LogP contribution in [0, 0.1) is 16.7 Å². The number of pyridine rings is 1. The highest BCUT2D eigenvalue weighted by Crippen LogP contribution is 2.48. The Morgan fingerprint density at radius 2 is 1.76 bits per heavy atom. The molecule has 2 aliphatic carbocycles. The maximum absolute atomic E-state index is 15.3. The van der Waals surface area contributed by atoms with Crippen LogP contribution < -0.4 is 15.6 Å². The maximum atomic E-state index is 15.3. The van der Waals surface area contributed by atoms with Crippen molar-refractivity contribution >= 4 is 34.5 Å². The fourth-order valence-corrected chi connectivity index (χ4v) is 14.1. The quantitative estimate of drug-likeness (QED) is 0.156. The van der Waals surface area contributed by atoms with Crippen molar-refractivity contribution in [2.45, 2.75) is 147 Å². The van der Waals surface area contributed by atoms with E-state index in [4.69, 9.17) is 38.1 Å². The predicted octanol–water partition coefficient (Wildman–Crippen LogP) is 6.49. The first-order chi connectivity index (χ1) is 37.5. The van der Waals surface area contributed by atoms with Crippen molar-refractivity contribution in [2.24, 2.45) is 16.7 Å². The molecule has 3 aromatic heterocycles. The first-order valence-electron chi connectivity index (χ1n) is 29.0. The number of benzene rings is 1. The third kappa shape index (κ3) is 9.59. The zero-order valence-corrected chi connectivity index (χ0v) is 46.8. The summed E-state index contributed by atoms with van der Waals surface area (Å²) in [5.41, 5.74) is 8.96. The van der Waals surface area contributed by atoms with Crippen LogP contribution in [0.3, 0.4) is 0 Å². The van der Waals surface area contributed by atoms with E-state index in [9.17, 15) is 9.59 Å². The van der Waals surface area contributed by atoms with Gasteiger partial charge in [0, 0.05) is 124 Å². The van der Waals surface area contributed by atoms with Crippen LogP contribution in [0.15, 0.2) is 41.1 Å². The van der Waals surface area contributed by atoms with Crippen LogP contribution in [0.25, 0.3) is 33.4 Å². The summed E-state index contributed by atoms with van der Waals surface area (Å²) in [5.74, 6) is -0.310. The molecule has 9 fully saturated rings. The largest absolute Gasteiger partial charge is 0.464 e. The van der Waals surface area contributed by atoms with E-state index in [1.165, 1.54) is 12.8 Å². The molecule has 14 rings (SSSR count). The highest BCUT2D eigenvalue weighted by Gasteiger charge is 2.60. The molecule has 0 radical (unpaired) electrons. The highest BCUT2D eigenvalue weighted by molar-refractivity contribution is 5.96. The van der Waals surface area contributed by atoms with Crippen LogP contribution in [0.2, 0.25) is 0 Å². The number of hydrogen-bond acceptors (Lipinski definition) is 15. The number of cyclic esters (lactones) is 1. The number of fused-ring (bicyclic) bond motifs is 4. The fraction of sp³-hybridized carbons (Fsp3) is 0.678. The summed E-state index contributed by atoms with van der Waals surface area (Å²) in [4.78, 5) is 64.0. The molecule has 7 bridgehead atoms. The summed E-state index contributed by atoms with van der Waals surface area (Å²) < 4.78 is 40.3. The van der Waals surface area contributed by atoms with Crippen LogP contribution in [0.1, 0.15) is 116 Å². The number of nitrogens with one attached hydrogen (secondary N) is 2. The fourth-order valence-electron chi connectivity index (χ4n) is 14.1. The van der Waals surface area contributed by atoms with Crippen LogP contribution >= 0.6 is 0 Å². The minimum atomic E-state index is -1.10. The molecule has 4 aromatic rings. The van der Waals surface area contributed by atoms with E-state index >= 15 is 4.79 Å². The van der Waals surface area contributed by atoms with E-state index in [1.807, 2.05) is 13.1 Å². The van der Waals surface area contributed by atoms with Crippen molar-refractivity contribution in [3.8, 4) is 22.5 Å². The molecule has 10 aliphatic rings. The highest BCUT2D eigenvalue weighted by atomic mass is 16.5. The van der Waals surface area contributed by atoms with Gasteiger partial charge in [-0.3, -0.25) is 24.6 Å². The van der Waals surface area contributed by atoms with Gasteiger partial charge >= 0.3 is 12.0 Å². The van der Waals surface area contributed by atoms with Gasteiger partial charge in [-0.15, -0.1) is 0 Å². The minimum absolute atomic E-state index is 0.0304. The summed E-state index contributed by atoms with van der Waals surface area (Å²) in [7, 11) is 1.74. The third-order valence-corrected chi connectivity index (χ3v) is 18.9. The molecule has 5 atom stereocenters. The summed E-state index contributed by atoms with van der Waals surface area (Å²) in [5, 5.41) is 5.79. The molecule has 2 saturated carbocycles. The number of amides is 3. The number of oxazole rings is 1. The average Bonchev–Trinajstić information content (AvgIpc) is 4.16. The van der Waals surface area contributed by atoms with E-state index in [0.717, 1.165) is 96.2 Å². The number of carbonyl (C=O) groups is 3. The van der Waals surface area contributed by atoms with Crippen molar-refractivity contribution < 1.29 is 42.5 Å². The normalized spacial score (nSPS) is 30.2. The van der Waals surface area contributed by atoms with Gasteiger partial charge in [0.2, 0.25) is 5.89 Å². The van der Waals surface area contributed by atoms with Gasteiger partial charge in [-0.2, -0.15) is 0 Å². The smallest absolute Gasteiger partial charge is 0.328 e. The number of methoxy groups -OCH3 is 1. The molecular formula is C59H80N10O9. The molecule has 19 heteroatoms. The number of ether oxygens (including phenoxy) is 5. The lowest BCUT2D eigenvalue weighted by Crippen LogP contribution is -2.76. The lowest BCUT2D eigenvalue weighted by molar-refractivity contribution is -0.205. The number of esters is 1. The molecule has 2 N–H and O–H groups in total. The van der Waals surface area contributed by atoms with Crippen LogP contribution in [0.5, 0.6) is 0 Å². The van der Waals surface area contributed by atoms with Gasteiger partial charge in [0.05, 0.1) is 67.5 Å². The Bertz CT molecular complexity index is 2940.